The van der Waals surface area contributed by atoms with Crippen molar-refractivity contribution in [2.24, 2.45) is 4.99 Å². The molecule has 0 saturated carbocycles. The molecule has 1 aromatic rings. The van der Waals surface area contributed by atoms with E-state index in [9.17, 15) is 0 Å². The number of nitrogens with one attached hydrogen (secondary N) is 2. The van der Waals surface area contributed by atoms with Crippen LogP contribution in [0, 0.1) is 0 Å². The van der Waals surface area contributed by atoms with E-state index in [0.717, 1.165) is 31.9 Å². The average molecular weight is 291 g/mol. The van der Waals surface area contributed by atoms with Crippen LogP contribution in [0.1, 0.15) is 44.2 Å². The maximum Gasteiger partial charge on any atom is 0.191 e. The maximum absolute atomic E-state index is 8.82. The molecular weight excluding hydrogens is 262 g/mol. The van der Waals surface area contributed by atoms with Gasteiger partial charge in [-0.3, -0.25) is 4.99 Å². The second kappa shape index (κ2) is 10.2. The summed E-state index contributed by atoms with van der Waals surface area (Å²) in [4.78, 5) is 4.50. The Kier molecular flexibility index (Phi) is 8.51. The van der Waals surface area contributed by atoms with Gasteiger partial charge in [0.05, 0.1) is 6.61 Å². The Morgan fingerprint density at radius 3 is 2.48 bits per heavy atom. The normalized spacial score (nSPS) is 11.8. The SMILES string of the molecule is CCNC(=NCCCc1ccc(C(C)C)cc1)NCCO. The van der Waals surface area contributed by atoms with Gasteiger partial charge in [0.25, 0.3) is 0 Å². The molecular formula is C17H29N3O. The fourth-order valence-corrected chi connectivity index (χ4v) is 2.06. The predicted octanol–water partition coefficient (Wildman–Crippen LogP) is 2.29. The first-order valence-electron chi connectivity index (χ1n) is 7.89. The lowest BCUT2D eigenvalue weighted by molar-refractivity contribution is 0.300. The number of hydrogen-bond donors (Lipinski definition) is 3. The van der Waals surface area contributed by atoms with Crippen molar-refractivity contribution >= 4 is 5.96 Å². The molecule has 0 aliphatic heterocycles. The monoisotopic (exact) mass is 291 g/mol. The lowest BCUT2D eigenvalue weighted by atomic mass is 10.0. The molecule has 0 aliphatic rings. The molecule has 0 amide bonds. The molecule has 0 aliphatic carbocycles. The predicted molar refractivity (Wildman–Crippen MR) is 89.9 cm³/mol. The number of guanidine groups is 1. The molecule has 118 valence electrons. The summed E-state index contributed by atoms with van der Waals surface area (Å²) in [5.41, 5.74) is 2.75. The first-order chi connectivity index (χ1) is 10.2. The summed E-state index contributed by atoms with van der Waals surface area (Å²) in [7, 11) is 0. The zero-order valence-corrected chi connectivity index (χ0v) is 13.5. The minimum Gasteiger partial charge on any atom is -0.395 e. The van der Waals surface area contributed by atoms with Gasteiger partial charge in [0, 0.05) is 19.6 Å². The molecule has 0 bridgehead atoms. The number of hydrogen-bond acceptors (Lipinski definition) is 2. The second-order valence-corrected chi connectivity index (χ2v) is 5.41. The van der Waals surface area contributed by atoms with Crippen molar-refractivity contribution in [2.45, 2.75) is 39.5 Å². The number of aliphatic imine (C=N–C) groups is 1. The second-order valence-electron chi connectivity index (χ2n) is 5.41. The van der Waals surface area contributed by atoms with Gasteiger partial charge in [-0.2, -0.15) is 0 Å². The molecule has 0 aromatic heterocycles. The fraction of sp³-hybridized carbons (Fsp3) is 0.588. The molecule has 0 heterocycles. The Labute approximate surface area is 128 Å². The van der Waals surface area contributed by atoms with Crippen LogP contribution in [-0.4, -0.2) is 37.3 Å². The molecule has 3 N–H and O–H groups in total. The summed E-state index contributed by atoms with van der Waals surface area (Å²) in [6.07, 6.45) is 2.07. The summed E-state index contributed by atoms with van der Waals surface area (Å²) in [5, 5.41) is 15.1. The Morgan fingerprint density at radius 2 is 1.90 bits per heavy atom. The van der Waals surface area contributed by atoms with Crippen LogP contribution < -0.4 is 10.6 Å². The lowest BCUT2D eigenvalue weighted by Crippen LogP contribution is -2.38. The van der Waals surface area contributed by atoms with Crippen molar-refractivity contribution in [2.75, 3.05) is 26.2 Å². The van der Waals surface area contributed by atoms with E-state index in [1.54, 1.807) is 0 Å². The zero-order chi connectivity index (χ0) is 15.5. The van der Waals surface area contributed by atoms with Crippen molar-refractivity contribution in [3.63, 3.8) is 0 Å². The maximum atomic E-state index is 8.82. The molecule has 1 rings (SSSR count). The van der Waals surface area contributed by atoms with Gasteiger partial charge < -0.3 is 15.7 Å². The molecule has 21 heavy (non-hydrogen) atoms. The largest absolute Gasteiger partial charge is 0.395 e. The van der Waals surface area contributed by atoms with Crippen LogP contribution in [0.5, 0.6) is 0 Å². The third-order valence-electron chi connectivity index (χ3n) is 3.29. The molecule has 1 aromatic carbocycles. The molecule has 0 spiro atoms. The van der Waals surface area contributed by atoms with E-state index >= 15 is 0 Å². The highest BCUT2D eigenvalue weighted by molar-refractivity contribution is 5.79. The summed E-state index contributed by atoms with van der Waals surface area (Å²) in [6, 6.07) is 8.87. The van der Waals surface area contributed by atoms with Crippen LogP contribution in [0.2, 0.25) is 0 Å². The van der Waals surface area contributed by atoms with Crippen LogP contribution in [0.4, 0.5) is 0 Å². The molecule has 0 unspecified atom stereocenters. The Hall–Kier alpha value is -1.55. The standard InChI is InChI=1S/C17H29N3O/c1-4-18-17(20-12-13-21)19-11-5-6-15-7-9-16(10-8-15)14(2)3/h7-10,14,21H,4-6,11-13H2,1-3H3,(H2,18,19,20). The van der Waals surface area contributed by atoms with E-state index in [0.29, 0.717) is 12.5 Å². The van der Waals surface area contributed by atoms with Crippen molar-refractivity contribution in [1.82, 2.24) is 10.6 Å². The lowest BCUT2D eigenvalue weighted by Gasteiger charge is -2.10. The van der Waals surface area contributed by atoms with Crippen LogP contribution >= 0.6 is 0 Å². The van der Waals surface area contributed by atoms with Crippen molar-refractivity contribution < 1.29 is 5.11 Å². The molecule has 0 fully saturated rings. The highest BCUT2D eigenvalue weighted by atomic mass is 16.3. The van der Waals surface area contributed by atoms with Crippen molar-refractivity contribution in [3.8, 4) is 0 Å². The number of benzene rings is 1. The van der Waals surface area contributed by atoms with E-state index in [1.807, 2.05) is 6.92 Å². The van der Waals surface area contributed by atoms with Gasteiger partial charge in [-0.25, -0.2) is 0 Å². The van der Waals surface area contributed by atoms with Crippen LogP contribution in [0.3, 0.4) is 0 Å². The Balaban J connectivity index is 2.37. The van der Waals surface area contributed by atoms with Gasteiger partial charge in [-0.15, -0.1) is 0 Å². The number of aliphatic hydroxyl groups excluding tert-OH is 1. The number of aliphatic hydroxyl groups is 1. The summed E-state index contributed by atoms with van der Waals surface area (Å²) in [5.74, 6) is 1.37. The average Bonchev–Trinajstić information content (AvgIpc) is 2.49. The number of nitrogens with zero attached hydrogens (tertiary/aromatic N) is 1. The van der Waals surface area contributed by atoms with Gasteiger partial charge in [0.15, 0.2) is 5.96 Å². The van der Waals surface area contributed by atoms with Crippen molar-refractivity contribution in [1.29, 1.82) is 0 Å². The molecule has 0 saturated heterocycles. The third kappa shape index (κ3) is 7.14. The third-order valence-corrected chi connectivity index (χ3v) is 3.29. The van der Waals surface area contributed by atoms with E-state index in [2.05, 4.69) is 53.7 Å². The summed E-state index contributed by atoms with van der Waals surface area (Å²) >= 11 is 0. The molecule has 0 radical (unpaired) electrons. The topological polar surface area (TPSA) is 56.7 Å². The minimum atomic E-state index is 0.118. The fourth-order valence-electron chi connectivity index (χ4n) is 2.06. The van der Waals surface area contributed by atoms with Gasteiger partial charge in [-0.1, -0.05) is 38.1 Å². The highest BCUT2D eigenvalue weighted by Crippen LogP contribution is 2.15. The van der Waals surface area contributed by atoms with E-state index in [4.69, 9.17) is 5.11 Å². The van der Waals surface area contributed by atoms with Gasteiger partial charge in [0.2, 0.25) is 0 Å². The van der Waals surface area contributed by atoms with Crippen molar-refractivity contribution in [3.05, 3.63) is 35.4 Å². The Bertz CT molecular complexity index is 413. The van der Waals surface area contributed by atoms with E-state index in [1.165, 1.54) is 11.1 Å². The smallest absolute Gasteiger partial charge is 0.191 e. The summed E-state index contributed by atoms with van der Waals surface area (Å²) in [6.45, 7) is 8.72. The zero-order valence-electron chi connectivity index (χ0n) is 13.5. The highest BCUT2D eigenvalue weighted by Gasteiger charge is 1.99. The van der Waals surface area contributed by atoms with E-state index in [-0.39, 0.29) is 6.61 Å². The molecule has 4 nitrogen and oxygen atoms in total. The quantitative estimate of drug-likeness (QED) is 0.391. The summed E-state index contributed by atoms with van der Waals surface area (Å²) < 4.78 is 0. The molecule has 0 atom stereocenters. The van der Waals surface area contributed by atoms with Crippen LogP contribution in [0.25, 0.3) is 0 Å². The van der Waals surface area contributed by atoms with E-state index < -0.39 is 0 Å². The van der Waals surface area contributed by atoms with Gasteiger partial charge in [-0.05, 0) is 36.8 Å². The number of rotatable bonds is 8. The first-order valence-corrected chi connectivity index (χ1v) is 7.89. The van der Waals surface area contributed by atoms with Gasteiger partial charge >= 0.3 is 0 Å². The first kappa shape index (κ1) is 17.5. The Morgan fingerprint density at radius 1 is 1.19 bits per heavy atom. The number of aryl methyl sites for hydroxylation is 1. The van der Waals surface area contributed by atoms with Crippen LogP contribution in [0.15, 0.2) is 29.3 Å². The van der Waals surface area contributed by atoms with Crippen LogP contribution in [-0.2, 0) is 6.42 Å². The minimum absolute atomic E-state index is 0.118. The van der Waals surface area contributed by atoms with Gasteiger partial charge in [0.1, 0.15) is 0 Å². The molecule has 4 heteroatoms.